The van der Waals surface area contributed by atoms with Crippen LogP contribution in [0.5, 0.6) is 0 Å². The Morgan fingerprint density at radius 1 is 0.410 bits per heavy atom. The number of carboxylic acids is 1. The molecular formula is C71H108O12. The highest BCUT2D eigenvalue weighted by Crippen LogP contribution is 2.26. The fourth-order valence-electron chi connectivity index (χ4n) is 8.34. The second kappa shape index (κ2) is 56.8. The van der Waals surface area contributed by atoms with Crippen molar-refractivity contribution in [3.05, 3.63) is 158 Å². The molecule has 0 amide bonds. The van der Waals surface area contributed by atoms with Crippen LogP contribution in [0, 0.1) is 0 Å². The zero-order valence-corrected chi connectivity index (χ0v) is 51.1. The number of carboxylic acid groups (broad SMARTS) is 1. The predicted molar refractivity (Wildman–Crippen MR) is 339 cm³/mol. The number of carbonyl (C=O) groups is 4. The highest BCUT2D eigenvalue weighted by Gasteiger charge is 2.50. The van der Waals surface area contributed by atoms with Gasteiger partial charge in [-0.3, -0.25) is 14.4 Å². The second-order valence-corrected chi connectivity index (χ2v) is 20.6. The smallest absolute Gasteiger partial charge is 0.335 e. The van der Waals surface area contributed by atoms with Crippen LogP contribution in [-0.4, -0.2) is 89.2 Å². The van der Waals surface area contributed by atoms with E-state index >= 15 is 0 Å². The summed E-state index contributed by atoms with van der Waals surface area (Å²) in [4.78, 5) is 51.3. The molecule has 1 rings (SSSR count). The number of allylic oxidation sites excluding steroid dienone is 26. The van der Waals surface area contributed by atoms with Crippen LogP contribution in [0.1, 0.15) is 213 Å². The number of hydrogen-bond donors (Lipinski definition) is 3. The molecule has 0 aromatic heterocycles. The lowest BCUT2D eigenvalue weighted by Gasteiger charge is -2.40. The quantitative estimate of drug-likeness (QED) is 0.0228. The van der Waals surface area contributed by atoms with Gasteiger partial charge in [-0.05, 0) is 128 Å². The van der Waals surface area contributed by atoms with E-state index in [-0.39, 0.29) is 25.9 Å². The molecule has 0 radical (unpaired) electrons. The predicted octanol–water partition coefficient (Wildman–Crippen LogP) is 16.9. The number of aliphatic hydroxyl groups excluding tert-OH is 2. The molecule has 0 aromatic carbocycles. The van der Waals surface area contributed by atoms with Crippen LogP contribution < -0.4 is 0 Å². The van der Waals surface area contributed by atoms with Crippen molar-refractivity contribution in [3.8, 4) is 0 Å². The largest absolute Gasteiger partial charge is 0.479 e. The van der Waals surface area contributed by atoms with E-state index in [1.54, 1.807) is 0 Å². The lowest BCUT2D eigenvalue weighted by Crippen LogP contribution is -2.61. The Labute approximate surface area is 501 Å². The molecule has 1 saturated heterocycles. The number of unbranched alkanes of at least 4 members (excludes halogenated alkanes) is 11. The Bertz CT molecular complexity index is 2050. The maximum absolute atomic E-state index is 13.2. The Hall–Kier alpha value is -5.66. The molecule has 0 saturated carbocycles. The van der Waals surface area contributed by atoms with E-state index in [1.807, 2.05) is 24.3 Å². The van der Waals surface area contributed by atoms with Crippen molar-refractivity contribution in [1.29, 1.82) is 0 Å². The summed E-state index contributed by atoms with van der Waals surface area (Å²) >= 11 is 0. The van der Waals surface area contributed by atoms with Crippen molar-refractivity contribution in [2.45, 2.75) is 250 Å². The van der Waals surface area contributed by atoms with Gasteiger partial charge < -0.3 is 39.0 Å². The van der Waals surface area contributed by atoms with Gasteiger partial charge in [-0.25, -0.2) is 4.79 Å². The van der Waals surface area contributed by atoms with E-state index in [0.29, 0.717) is 32.1 Å². The van der Waals surface area contributed by atoms with Crippen LogP contribution in [0.4, 0.5) is 0 Å². The van der Waals surface area contributed by atoms with Crippen molar-refractivity contribution in [3.63, 3.8) is 0 Å². The van der Waals surface area contributed by atoms with E-state index in [0.717, 1.165) is 122 Å². The molecule has 6 atom stereocenters. The lowest BCUT2D eigenvalue weighted by atomic mass is 9.98. The summed E-state index contributed by atoms with van der Waals surface area (Å²) in [6.07, 6.45) is 70.7. The molecule has 0 aliphatic carbocycles. The van der Waals surface area contributed by atoms with Crippen LogP contribution in [0.25, 0.3) is 0 Å². The topological polar surface area (TPSA) is 175 Å². The fraction of sp³-hybridized carbons (Fsp3) is 0.577. The van der Waals surface area contributed by atoms with Gasteiger partial charge in [-0.2, -0.15) is 0 Å². The molecule has 1 fully saturated rings. The van der Waals surface area contributed by atoms with Crippen LogP contribution in [-0.2, 0) is 42.9 Å². The van der Waals surface area contributed by atoms with Crippen molar-refractivity contribution >= 4 is 23.9 Å². The summed E-state index contributed by atoms with van der Waals surface area (Å²) in [5.41, 5.74) is 0. The molecule has 12 heteroatoms. The van der Waals surface area contributed by atoms with Crippen molar-refractivity contribution in [2.24, 2.45) is 0 Å². The highest BCUT2D eigenvalue weighted by molar-refractivity contribution is 5.74. The minimum atomic E-state index is -1.95. The molecule has 3 N–H and O–H groups in total. The molecule has 464 valence electrons. The van der Waals surface area contributed by atoms with E-state index in [2.05, 4.69) is 154 Å². The van der Waals surface area contributed by atoms with E-state index in [1.165, 1.54) is 19.3 Å². The number of esters is 3. The van der Waals surface area contributed by atoms with E-state index < -0.39 is 67.3 Å². The van der Waals surface area contributed by atoms with Gasteiger partial charge >= 0.3 is 23.9 Å². The van der Waals surface area contributed by atoms with Crippen LogP contribution in [0.3, 0.4) is 0 Å². The van der Waals surface area contributed by atoms with Crippen LogP contribution in [0.2, 0.25) is 0 Å². The van der Waals surface area contributed by atoms with Gasteiger partial charge in [-0.1, -0.05) is 224 Å². The van der Waals surface area contributed by atoms with Gasteiger partial charge in [-0.15, -0.1) is 0 Å². The maximum atomic E-state index is 13.2. The van der Waals surface area contributed by atoms with E-state index in [9.17, 15) is 34.5 Å². The summed E-state index contributed by atoms with van der Waals surface area (Å²) in [6.45, 7) is 5.65. The number of ether oxygens (including phenoxy) is 5. The molecule has 0 bridgehead atoms. The second-order valence-electron chi connectivity index (χ2n) is 20.6. The molecule has 1 aliphatic heterocycles. The van der Waals surface area contributed by atoms with Gasteiger partial charge in [0.15, 0.2) is 24.6 Å². The lowest BCUT2D eigenvalue weighted by molar-refractivity contribution is -0.301. The molecule has 0 spiro atoms. The summed E-state index contributed by atoms with van der Waals surface area (Å²) in [7, 11) is 0. The van der Waals surface area contributed by atoms with Gasteiger partial charge in [0.05, 0.1) is 6.61 Å². The van der Waals surface area contributed by atoms with Gasteiger partial charge in [0.2, 0.25) is 0 Å². The van der Waals surface area contributed by atoms with Crippen molar-refractivity contribution in [2.75, 3.05) is 13.2 Å². The summed E-state index contributed by atoms with van der Waals surface area (Å²) in [5, 5.41) is 31.5. The van der Waals surface area contributed by atoms with Gasteiger partial charge in [0.1, 0.15) is 18.8 Å². The first-order valence-electron chi connectivity index (χ1n) is 31.5. The zero-order valence-electron chi connectivity index (χ0n) is 51.1. The Morgan fingerprint density at radius 3 is 1.24 bits per heavy atom. The molecule has 1 heterocycles. The number of aliphatic hydroxyl groups is 2. The number of hydrogen-bond acceptors (Lipinski definition) is 11. The van der Waals surface area contributed by atoms with Crippen molar-refractivity contribution in [1.82, 2.24) is 0 Å². The summed E-state index contributed by atoms with van der Waals surface area (Å²) in [6, 6.07) is 0. The Kier molecular flexibility index (Phi) is 51.6. The molecule has 83 heavy (non-hydrogen) atoms. The maximum Gasteiger partial charge on any atom is 0.335 e. The van der Waals surface area contributed by atoms with E-state index in [4.69, 9.17) is 23.7 Å². The number of aliphatic carboxylic acids is 1. The van der Waals surface area contributed by atoms with Gasteiger partial charge in [0, 0.05) is 19.3 Å². The third kappa shape index (κ3) is 46.4. The van der Waals surface area contributed by atoms with Crippen molar-refractivity contribution < 1.29 is 58.2 Å². The summed E-state index contributed by atoms with van der Waals surface area (Å²) in [5.74, 6) is -3.34. The average Bonchev–Trinajstić information content (AvgIpc) is 3.55. The zero-order chi connectivity index (χ0) is 60.3. The highest BCUT2D eigenvalue weighted by atomic mass is 16.7. The molecular weight excluding hydrogens is 1040 g/mol. The third-order valence-corrected chi connectivity index (χ3v) is 13.1. The van der Waals surface area contributed by atoms with Crippen LogP contribution >= 0.6 is 0 Å². The molecule has 0 aromatic rings. The normalized spacial score (nSPS) is 18.7. The first-order chi connectivity index (χ1) is 40.6. The monoisotopic (exact) mass is 1150 g/mol. The fourth-order valence-corrected chi connectivity index (χ4v) is 8.34. The summed E-state index contributed by atoms with van der Waals surface area (Å²) < 4.78 is 28.3. The number of rotatable bonds is 51. The minimum Gasteiger partial charge on any atom is -0.479 e. The molecule has 1 aliphatic rings. The van der Waals surface area contributed by atoms with Crippen LogP contribution in [0.15, 0.2) is 158 Å². The SMILES string of the molecule is CC/C=C\C/C=C\C/C=C\C/C=C\C/C=C\C/C=C\CCC(=O)OC1C(OCC(COC(=O)CCC/C=C\C/C=C\C/C=C\C/C=C\C/C=C\CC)OC(=O)CCCCCCCCC/C=C\C/C=C\CCCCC)OC(C(=O)O)C(O)C1O. The van der Waals surface area contributed by atoms with Gasteiger partial charge in [0.25, 0.3) is 0 Å². The molecule has 12 nitrogen and oxygen atoms in total. The number of carbonyl (C=O) groups excluding carboxylic acids is 3. The minimum absolute atomic E-state index is 0.0804. The first kappa shape index (κ1) is 75.4. The third-order valence-electron chi connectivity index (χ3n) is 13.1. The standard InChI is InChI=1S/C71H108O12/c1-4-7-10-13-16-19-22-25-28-31-32-35-38-41-44-47-50-53-56-59-65(74)82-69-67(76)66(75)68(70(77)78)83-71(69)80-61-62(81-64(73)58-55-52-49-46-43-40-37-34-30-27-24-21-18-15-12-9-6-3)60-79-63(72)57-54-51-48-45-42-39-36-33-29-26-23-20-17-14-11-8-5-2/h7-8,10-11,16-21,25-30,32,35-36,39,41,44-45,48,50,53,62,66-69,71,75-76H,4-6,9,12-15,22-24,31,33-34,37-38,40,42-43,46-47,49,51-52,54-61H2,1-3H3,(H,77,78)/b10-7-,11-8-,19-16-,20-17-,21-18-,28-25-,29-26-,30-27-,35-32-,39-36-,44-41-,48-45-,53-50-. The average molecular weight is 1150 g/mol. The Balaban J connectivity index is 2.77. The molecule has 6 unspecified atom stereocenters. The first-order valence-corrected chi connectivity index (χ1v) is 31.5. The Morgan fingerprint density at radius 2 is 0.795 bits per heavy atom.